The van der Waals surface area contributed by atoms with Gasteiger partial charge in [0, 0.05) is 46.8 Å². The summed E-state index contributed by atoms with van der Waals surface area (Å²) in [6.07, 6.45) is 10.3. The number of carboxylic acids is 1. The summed E-state index contributed by atoms with van der Waals surface area (Å²) in [6, 6.07) is 6.25. The predicted octanol–water partition coefficient (Wildman–Crippen LogP) is 8.63. The zero-order valence-electron chi connectivity index (χ0n) is 23.7. The summed E-state index contributed by atoms with van der Waals surface area (Å²) in [4.78, 5) is 34.3. The molecule has 1 aliphatic carbocycles. The smallest absolute Gasteiger partial charge is 0.331 e. The molecule has 43 heavy (non-hydrogen) atoms. The maximum atomic E-state index is 13.3. The number of hydrogen-bond acceptors (Lipinski definition) is 7. The van der Waals surface area contributed by atoms with E-state index in [9.17, 15) is 14.7 Å². The molecule has 4 heterocycles. The van der Waals surface area contributed by atoms with Crippen molar-refractivity contribution in [2.75, 3.05) is 18.4 Å². The van der Waals surface area contributed by atoms with Gasteiger partial charge in [0.25, 0.3) is 5.91 Å². The molecule has 2 aliphatic heterocycles. The van der Waals surface area contributed by atoms with Gasteiger partial charge in [0.05, 0.1) is 30.5 Å². The fourth-order valence-electron chi connectivity index (χ4n) is 6.64. The first-order valence-electron chi connectivity index (χ1n) is 14.6. The molecule has 3 fully saturated rings. The van der Waals surface area contributed by atoms with E-state index in [0.29, 0.717) is 27.7 Å². The van der Waals surface area contributed by atoms with E-state index in [-0.39, 0.29) is 27.2 Å². The van der Waals surface area contributed by atoms with Crippen molar-refractivity contribution in [1.29, 1.82) is 0 Å². The molecule has 3 atom stereocenters. The number of carbonyl (C=O) groups excluding carboxylic acids is 1. The Balaban J connectivity index is 1.23. The van der Waals surface area contributed by atoms with E-state index in [4.69, 9.17) is 39.8 Å². The van der Waals surface area contributed by atoms with Crippen LogP contribution in [0.3, 0.4) is 0 Å². The van der Waals surface area contributed by atoms with Crippen LogP contribution >= 0.6 is 57.5 Å². The quantitative estimate of drug-likeness (QED) is 0.217. The number of rotatable bonds is 7. The van der Waals surface area contributed by atoms with Gasteiger partial charge in [-0.1, -0.05) is 65.4 Å². The fourth-order valence-corrected chi connectivity index (χ4v) is 9.43. The standard InChI is InChI=1S/C31H33Cl3N4O3S2/c1-16(30(40)41)9-21-22(33)10-17(11-23(21)34)29(39)37-31-36-27(26-13-19(32)15-42-26)28(43-31)25-12-18-14-38(8-7-24(18)35-25)20-5-3-2-4-6-20/h9-11,13,15,18,20,24-25,35H,2-8,12,14H2,1H3,(H,40,41)(H,36,37,39)/b16-9+. The number of fused-ring (bicyclic) bond motifs is 1. The molecule has 3 aliphatic rings. The number of halogens is 3. The largest absolute Gasteiger partial charge is 0.478 e. The summed E-state index contributed by atoms with van der Waals surface area (Å²) in [5, 5.41) is 19.5. The Bertz CT molecular complexity index is 1540. The number of thiophene rings is 1. The first kappa shape index (κ1) is 31.0. The van der Waals surface area contributed by atoms with Crippen molar-refractivity contribution < 1.29 is 14.7 Å². The number of nitrogens with one attached hydrogen (secondary N) is 2. The van der Waals surface area contributed by atoms with Crippen molar-refractivity contribution in [2.45, 2.75) is 70.0 Å². The minimum absolute atomic E-state index is 0.0830. The molecule has 7 nitrogen and oxygen atoms in total. The lowest BCUT2D eigenvalue weighted by atomic mass is 9.87. The molecule has 3 unspecified atom stereocenters. The Morgan fingerprint density at radius 2 is 1.86 bits per heavy atom. The van der Waals surface area contributed by atoms with E-state index < -0.39 is 11.9 Å². The number of carbonyl (C=O) groups is 2. The van der Waals surface area contributed by atoms with Gasteiger partial charge in [-0.3, -0.25) is 15.0 Å². The van der Waals surface area contributed by atoms with E-state index in [1.54, 1.807) is 11.3 Å². The number of thiazole rings is 1. The highest BCUT2D eigenvalue weighted by Crippen LogP contribution is 2.45. The lowest BCUT2D eigenvalue weighted by molar-refractivity contribution is -0.132. The number of aromatic nitrogens is 1. The Kier molecular flexibility index (Phi) is 9.50. The third-order valence-corrected chi connectivity index (χ3v) is 11.8. The van der Waals surface area contributed by atoms with Crippen LogP contribution in [-0.4, -0.2) is 52.0 Å². The Labute approximate surface area is 274 Å². The molecule has 1 saturated carbocycles. The number of anilines is 1. The van der Waals surface area contributed by atoms with Gasteiger partial charge in [-0.25, -0.2) is 9.78 Å². The molecule has 3 aromatic rings. The van der Waals surface area contributed by atoms with Crippen LogP contribution in [0.15, 0.2) is 29.2 Å². The number of likely N-dealkylation sites (tertiary alicyclic amines) is 1. The zero-order valence-corrected chi connectivity index (χ0v) is 27.6. The monoisotopic (exact) mass is 678 g/mol. The zero-order chi connectivity index (χ0) is 30.2. The maximum absolute atomic E-state index is 13.3. The van der Waals surface area contributed by atoms with Crippen LogP contribution in [0.2, 0.25) is 15.1 Å². The minimum atomic E-state index is -1.08. The van der Waals surface area contributed by atoms with Gasteiger partial charge in [0.15, 0.2) is 5.13 Å². The number of amides is 1. The van der Waals surface area contributed by atoms with Crippen molar-refractivity contribution in [3.05, 3.63) is 60.2 Å². The molecular weight excluding hydrogens is 647 g/mol. The molecule has 12 heteroatoms. The van der Waals surface area contributed by atoms with E-state index in [2.05, 4.69) is 15.5 Å². The average Bonchev–Trinajstić information content (AvgIpc) is 3.72. The lowest BCUT2D eigenvalue weighted by Gasteiger charge is -2.41. The van der Waals surface area contributed by atoms with Gasteiger partial charge in [-0.05, 0) is 69.3 Å². The van der Waals surface area contributed by atoms with Gasteiger partial charge in [-0.2, -0.15) is 0 Å². The number of hydrogen-bond donors (Lipinski definition) is 3. The second-order valence-electron chi connectivity index (χ2n) is 11.7. The van der Waals surface area contributed by atoms with Crippen molar-refractivity contribution >= 4 is 80.6 Å². The predicted molar refractivity (Wildman–Crippen MR) is 177 cm³/mol. The van der Waals surface area contributed by atoms with Crippen molar-refractivity contribution in [1.82, 2.24) is 15.2 Å². The van der Waals surface area contributed by atoms with Crippen molar-refractivity contribution in [2.24, 2.45) is 5.92 Å². The summed E-state index contributed by atoms with van der Waals surface area (Å²) in [6.45, 7) is 3.74. The van der Waals surface area contributed by atoms with Gasteiger partial charge < -0.3 is 10.4 Å². The van der Waals surface area contributed by atoms with E-state index >= 15 is 0 Å². The Hall–Kier alpha value is -1.98. The van der Waals surface area contributed by atoms with Crippen LogP contribution in [0.5, 0.6) is 0 Å². The molecule has 0 radical (unpaired) electrons. The topological polar surface area (TPSA) is 94.6 Å². The number of benzene rings is 1. The summed E-state index contributed by atoms with van der Waals surface area (Å²) in [5.74, 6) is -0.891. The molecule has 0 bridgehead atoms. The van der Waals surface area contributed by atoms with Crippen LogP contribution in [0.4, 0.5) is 5.13 Å². The van der Waals surface area contributed by atoms with Crippen LogP contribution in [0, 0.1) is 5.92 Å². The van der Waals surface area contributed by atoms with E-state index in [1.165, 1.54) is 68.6 Å². The van der Waals surface area contributed by atoms with Crippen LogP contribution in [-0.2, 0) is 4.79 Å². The molecule has 2 saturated heterocycles. The highest BCUT2D eigenvalue weighted by atomic mass is 35.5. The summed E-state index contributed by atoms with van der Waals surface area (Å²) in [7, 11) is 0. The molecule has 1 amide bonds. The Morgan fingerprint density at radius 3 is 2.53 bits per heavy atom. The Morgan fingerprint density at radius 1 is 1.12 bits per heavy atom. The number of carboxylic acid groups (broad SMARTS) is 1. The number of piperidine rings is 1. The van der Waals surface area contributed by atoms with Gasteiger partial charge in [0.1, 0.15) is 0 Å². The summed E-state index contributed by atoms with van der Waals surface area (Å²) < 4.78 is 0. The second-order valence-corrected chi connectivity index (χ2v) is 14.9. The van der Waals surface area contributed by atoms with Crippen molar-refractivity contribution in [3.8, 4) is 10.6 Å². The molecule has 2 aromatic heterocycles. The van der Waals surface area contributed by atoms with Gasteiger partial charge >= 0.3 is 5.97 Å². The first-order chi connectivity index (χ1) is 20.7. The first-order valence-corrected chi connectivity index (χ1v) is 17.5. The average molecular weight is 680 g/mol. The summed E-state index contributed by atoms with van der Waals surface area (Å²) in [5.41, 5.74) is 1.53. The van der Waals surface area contributed by atoms with Crippen molar-refractivity contribution in [3.63, 3.8) is 0 Å². The molecule has 0 spiro atoms. The van der Waals surface area contributed by atoms with E-state index in [1.807, 2.05) is 11.4 Å². The summed E-state index contributed by atoms with van der Waals surface area (Å²) >= 11 is 22.2. The van der Waals surface area contributed by atoms with Crippen LogP contribution in [0.25, 0.3) is 16.6 Å². The SMILES string of the molecule is C/C(=C\c1c(Cl)cc(C(=O)Nc2nc(-c3cc(Cl)cs3)c(C3CC4CN(C5CCCCC5)CCC4N3)s2)cc1Cl)C(=O)O. The highest BCUT2D eigenvalue weighted by Gasteiger charge is 2.41. The fraction of sp³-hybridized carbons (Fsp3) is 0.452. The van der Waals surface area contributed by atoms with Crippen LogP contribution < -0.4 is 10.6 Å². The second kappa shape index (κ2) is 13.2. The number of nitrogens with zero attached hydrogens (tertiary/aromatic N) is 2. The van der Waals surface area contributed by atoms with E-state index in [0.717, 1.165) is 47.4 Å². The van der Waals surface area contributed by atoms with Gasteiger partial charge in [-0.15, -0.1) is 11.3 Å². The van der Waals surface area contributed by atoms with Crippen LogP contribution in [0.1, 0.15) is 78.7 Å². The third kappa shape index (κ3) is 6.83. The molecule has 3 N–H and O–H groups in total. The third-order valence-electron chi connectivity index (χ3n) is 8.84. The van der Waals surface area contributed by atoms with Gasteiger partial charge in [0.2, 0.25) is 0 Å². The normalized spacial score (nSPS) is 23.3. The lowest BCUT2D eigenvalue weighted by Crippen LogP contribution is -2.49. The molecule has 1 aromatic carbocycles. The molecule has 6 rings (SSSR count). The molecular formula is C31H33Cl3N4O3S2. The maximum Gasteiger partial charge on any atom is 0.331 e. The minimum Gasteiger partial charge on any atom is -0.478 e. The molecule has 228 valence electrons. The number of aliphatic carboxylic acids is 1. The highest BCUT2D eigenvalue weighted by molar-refractivity contribution is 7.17.